The Morgan fingerprint density at radius 1 is 1.26 bits per heavy atom. The topological polar surface area (TPSA) is 25.8 Å². The SMILES string of the molecule is CC(C)c1ccncc1-c1nc(C2CCCC2)cs1. The van der Waals surface area contributed by atoms with Gasteiger partial charge in [-0.2, -0.15) is 0 Å². The number of hydrogen-bond donors (Lipinski definition) is 0. The third-order valence-electron chi connectivity index (χ3n) is 4.00. The summed E-state index contributed by atoms with van der Waals surface area (Å²) in [4.78, 5) is 9.16. The predicted octanol–water partition coefficient (Wildman–Crippen LogP) is 4.99. The van der Waals surface area contributed by atoms with Crippen molar-refractivity contribution >= 4 is 11.3 Å². The van der Waals surface area contributed by atoms with Gasteiger partial charge in [0.25, 0.3) is 0 Å². The van der Waals surface area contributed by atoms with Gasteiger partial charge in [-0.05, 0) is 30.4 Å². The van der Waals surface area contributed by atoms with E-state index in [-0.39, 0.29) is 0 Å². The zero-order valence-electron chi connectivity index (χ0n) is 11.6. The molecular weight excluding hydrogens is 252 g/mol. The molecule has 3 heteroatoms. The maximum absolute atomic E-state index is 4.88. The number of thiazole rings is 1. The molecule has 1 aliphatic rings. The summed E-state index contributed by atoms with van der Waals surface area (Å²) in [7, 11) is 0. The summed E-state index contributed by atoms with van der Waals surface area (Å²) >= 11 is 1.77. The fourth-order valence-electron chi connectivity index (χ4n) is 2.91. The number of pyridine rings is 1. The van der Waals surface area contributed by atoms with Crippen molar-refractivity contribution in [3.05, 3.63) is 35.1 Å². The lowest BCUT2D eigenvalue weighted by molar-refractivity contribution is 0.703. The van der Waals surface area contributed by atoms with Crippen molar-refractivity contribution in [2.24, 2.45) is 0 Å². The minimum atomic E-state index is 0.511. The van der Waals surface area contributed by atoms with Crippen LogP contribution in [0.1, 0.15) is 62.6 Å². The van der Waals surface area contributed by atoms with Crippen LogP contribution >= 0.6 is 11.3 Å². The van der Waals surface area contributed by atoms with Crippen molar-refractivity contribution < 1.29 is 0 Å². The second-order valence-corrected chi connectivity index (χ2v) is 6.53. The van der Waals surface area contributed by atoms with Crippen LogP contribution in [0.3, 0.4) is 0 Å². The smallest absolute Gasteiger partial charge is 0.125 e. The summed E-state index contributed by atoms with van der Waals surface area (Å²) in [6.07, 6.45) is 9.20. The van der Waals surface area contributed by atoms with E-state index in [9.17, 15) is 0 Å². The van der Waals surface area contributed by atoms with Crippen LogP contribution in [0, 0.1) is 0 Å². The predicted molar refractivity (Wildman–Crippen MR) is 80.6 cm³/mol. The van der Waals surface area contributed by atoms with Gasteiger partial charge in [0.15, 0.2) is 0 Å². The molecule has 0 unspecified atom stereocenters. The molecule has 0 aliphatic heterocycles. The molecule has 2 nitrogen and oxygen atoms in total. The number of rotatable bonds is 3. The van der Waals surface area contributed by atoms with Crippen molar-refractivity contribution in [1.29, 1.82) is 0 Å². The molecule has 2 aromatic rings. The summed E-state index contributed by atoms with van der Waals surface area (Å²) < 4.78 is 0. The summed E-state index contributed by atoms with van der Waals surface area (Å²) in [5, 5.41) is 3.39. The second kappa shape index (κ2) is 5.41. The molecule has 19 heavy (non-hydrogen) atoms. The molecule has 2 aromatic heterocycles. The molecule has 0 N–H and O–H groups in total. The number of nitrogens with zero attached hydrogens (tertiary/aromatic N) is 2. The summed E-state index contributed by atoms with van der Waals surface area (Å²) in [6.45, 7) is 4.45. The first-order valence-electron chi connectivity index (χ1n) is 7.15. The molecule has 2 heterocycles. The van der Waals surface area contributed by atoms with Gasteiger partial charge in [0.1, 0.15) is 5.01 Å². The molecule has 0 saturated heterocycles. The Kier molecular flexibility index (Phi) is 3.65. The minimum Gasteiger partial charge on any atom is -0.264 e. The maximum atomic E-state index is 4.88. The highest BCUT2D eigenvalue weighted by molar-refractivity contribution is 7.13. The standard InChI is InChI=1S/C16H20N2S/c1-11(2)13-7-8-17-9-14(13)16-18-15(10-19-16)12-5-3-4-6-12/h7-12H,3-6H2,1-2H3. The Morgan fingerprint density at radius 3 is 2.79 bits per heavy atom. The average Bonchev–Trinajstić information content (AvgIpc) is 3.09. The molecule has 1 fully saturated rings. The lowest BCUT2D eigenvalue weighted by Gasteiger charge is -2.09. The Morgan fingerprint density at radius 2 is 2.05 bits per heavy atom. The minimum absolute atomic E-state index is 0.511. The van der Waals surface area contributed by atoms with E-state index < -0.39 is 0 Å². The monoisotopic (exact) mass is 272 g/mol. The normalized spacial score (nSPS) is 16.4. The van der Waals surface area contributed by atoms with E-state index in [0.717, 1.165) is 5.01 Å². The largest absolute Gasteiger partial charge is 0.264 e. The average molecular weight is 272 g/mol. The summed E-state index contributed by atoms with van der Waals surface area (Å²) in [6, 6.07) is 2.12. The van der Waals surface area contributed by atoms with Crippen molar-refractivity contribution in [3.63, 3.8) is 0 Å². The molecule has 100 valence electrons. The second-order valence-electron chi connectivity index (χ2n) is 5.68. The lowest BCUT2D eigenvalue weighted by Crippen LogP contribution is -1.95. The third-order valence-corrected chi connectivity index (χ3v) is 4.90. The Labute approximate surface area is 118 Å². The molecule has 1 saturated carbocycles. The van der Waals surface area contributed by atoms with Gasteiger partial charge in [-0.1, -0.05) is 26.7 Å². The van der Waals surface area contributed by atoms with Crippen molar-refractivity contribution in [2.45, 2.75) is 51.4 Å². The number of aromatic nitrogens is 2. The van der Waals surface area contributed by atoms with Crippen LogP contribution in [0.4, 0.5) is 0 Å². The van der Waals surface area contributed by atoms with Crippen molar-refractivity contribution in [2.75, 3.05) is 0 Å². The molecule has 0 aromatic carbocycles. The van der Waals surface area contributed by atoms with E-state index in [1.165, 1.54) is 42.5 Å². The molecule has 0 amide bonds. The molecule has 0 spiro atoms. The number of hydrogen-bond acceptors (Lipinski definition) is 3. The Bertz CT molecular complexity index is 553. The van der Waals surface area contributed by atoms with E-state index >= 15 is 0 Å². The third kappa shape index (κ3) is 2.57. The molecule has 0 bridgehead atoms. The van der Waals surface area contributed by atoms with Gasteiger partial charge in [0.2, 0.25) is 0 Å². The van der Waals surface area contributed by atoms with E-state index in [1.54, 1.807) is 11.3 Å². The first kappa shape index (κ1) is 12.8. The highest BCUT2D eigenvalue weighted by Gasteiger charge is 2.20. The zero-order chi connectivity index (χ0) is 13.2. The summed E-state index contributed by atoms with van der Waals surface area (Å²) in [5.41, 5.74) is 3.87. The fraction of sp³-hybridized carbons (Fsp3) is 0.500. The molecule has 3 rings (SSSR count). The van der Waals surface area contributed by atoms with Crippen LogP contribution < -0.4 is 0 Å². The van der Waals surface area contributed by atoms with Crippen LogP contribution in [-0.4, -0.2) is 9.97 Å². The molecular formula is C16H20N2S. The van der Waals surface area contributed by atoms with Crippen LogP contribution in [-0.2, 0) is 0 Å². The quantitative estimate of drug-likeness (QED) is 0.787. The van der Waals surface area contributed by atoms with Crippen LogP contribution in [0.5, 0.6) is 0 Å². The molecule has 0 atom stereocenters. The van der Waals surface area contributed by atoms with Crippen molar-refractivity contribution in [3.8, 4) is 10.6 Å². The first-order chi connectivity index (χ1) is 9.25. The van der Waals surface area contributed by atoms with Gasteiger partial charge in [0.05, 0.1) is 5.69 Å². The van der Waals surface area contributed by atoms with Crippen LogP contribution in [0.25, 0.3) is 10.6 Å². The highest BCUT2D eigenvalue weighted by atomic mass is 32.1. The molecule has 1 aliphatic carbocycles. The Balaban J connectivity index is 1.94. The van der Waals surface area contributed by atoms with Crippen LogP contribution in [0.15, 0.2) is 23.8 Å². The maximum Gasteiger partial charge on any atom is 0.125 e. The van der Waals surface area contributed by atoms with Gasteiger partial charge in [-0.25, -0.2) is 4.98 Å². The fourth-order valence-corrected chi connectivity index (χ4v) is 3.84. The van der Waals surface area contributed by atoms with E-state index in [0.29, 0.717) is 11.8 Å². The molecule has 0 radical (unpaired) electrons. The van der Waals surface area contributed by atoms with E-state index in [4.69, 9.17) is 4.98 Å². The van der Waals surface area contributed by atoms with Gasteiger partial charge in [-0.15, -0.1) is 11.3 Å². The van der Waals surface area contributed by atoms with Gasteiger partial charge in [-0.3, -0.25) is 4.98 Å². The van der Waals surface area contributed by atoms with Crippen molar-refractivity contribution in [1.82, 2.24) is 9.97 Å². The van der Waals surface area contributed by atoms with E-state index in [1.807, 2.05) is 12.4 Å². The van der Waals surface area contributed by atoms with Gasteiger partial charge >= 0.3 is 0 Å². The van der Waals surface area contributed by atoms with Gasteiger partial charge in [0, 0.05) is 29.3 Å². The highest BCUT2D eigenvalue weighted by Crippen LogP contribution is 2.37. The van der Waals surface area contributed by atoms with Crippen LogP contribution in [0.2, 0.25) is 0 Å². The lowest BCUT2D eigenvalue weighted by atomic mass is 9.99. The van der Waals surface area contributed by atoms with Gasteiger partial charge < -0.3 is 0 Å². The summed E-state index contributed by atoms with van der Waals surface area (Å²) in [5.74, 6) is 1.21. The first-order valence-corrected chi connectivity index (χ1v) is 8.03. The zero-order valence-corrected chi connectivity index (χ0v) is 12.4. The Hall–Kier alpha value is -1.22. The van der Waals surface area contributed by atoms with E-state index in [2.05, 4.69) is 30.3 Å².